The molecule has 152 valence electrons. The fourth-order valence-electron chi connectivity index (χ4n) is 3.49. The Labute approximate surface area is 168 Å². The maximum atomic E-state index is 12.9. The highest BCUT2D eigenvalue weighted by molar-refractivity contribution is 6.08. The van der Waals surface area contributed by atoms with Crippen LogP contribution in [0.15, 0.2) is 48.5 Å². The van der Waals surface area contributed by atoms with Crippen molar-refractivity contribution in [3.63, 3.8) is 0 Å². The highest BCUT2D eigenvalue weighted by Gasteiger charge is 2.63. The number of amides is 3. The predicted octanol–water partition coefficient (Wildman–Crippen LogP) is 3.55. The van der Waals surface area contributed by atoms with Gasteiger partial charge in [0.15, 0.2) is 6.23 Å². The summed E-state index contributed by atoms with van der Waals surface area (Å²) in [4.78, 5) is 37.8. The summed E-state index contributed by atoms with van der Waals surface area (Å²) < 4.78 is 5.98. The third kappa shape index (κ3) is 3.49. The molecule has 4 N–H and O–H groups in total. The first-order chi connectivity index (χ1) is 13.8. The number of anilines is 2. The van der Waals surface area contributed by atoms with E-state index in [9.17, 15) is 14.4 Å². The van der Waals surface area contributed by atoms with Crippen LogP contribution >= 0.6 is 0 Å². The number of carboxylic acid groups (broad SMARTS) is 1. The number of aromatic carboxylic acids is 1. The molecule has 0 aromatic heterocycles. The van der Waals surface area contributed by atoms with Crippen molar-refractivity contribution < 1.29 is 24.2 Å². The molecule has 3 amide bonds. The molecule has 3 rings (SSSR count). The zero-order chi connectivity index (χ0) is 21.2. The predicted molar refractivity (Wildman–Crippen MR) is 108 cm³/mol. The van der Waals surface area contributed by atoms with Crippen LogP contribution in [0.25, 0.3) is 0 Å². The van der Waals surface area contributed by atoms with Gasteiger partial charge in [-0.25, -0.2) is 14.5 Å². The maximum Gasteiger partial charge on any atom is 0.335 e. The van der Waals surface area contributed by atoms with Gasteiger partial charge in [-0.1, -0.05) is 26.0 Å². The molecule has 1 saturated heterocycles. The summed E-state index contributed by atoms with van der Waals surface area (Å²) in [5, 5.41) is 11.7. The molecular weight excluding hydrogens is 374 g/mol. The lowest BCUT2D eigenvalue weighted by Gasteiger charge is -2.53. The first kappa shape index (κ1) is 20.2. The van der Waals surface area contributed by atoms with Crippen LogP contribution in [0.3, 0.4) is 0 Å². The normalized spacial score (nSPS) is 17.4. The number of imide groups is 1. The third-order valence-electron chi connectivity index (χ3n) is 5.38. The van der Waals surface area contributed by atoms with E-state index < -0.39 is 23.6 Å². The first-order valence-electron chi connectivity index (χ1n) is 9.33. The smallest absolute Gasteiger partial charge is 0.335 e. The van der Waals surface area contributed by atoms with Gasteiger partial charge < -0.3 is 20.9 Å². The lowest BCUT2D eigenvalue weighted by Crippen LogP contribution is -2.73. The topological polar surface area (TPSA) is 122 Å². The van der Waals surface area contributed by atoms with E-state index in [-0.39, 0.29) is 11.5 Å². The van der Waals surface area contributed by atoms with Crippen LogP contribution in [0.1, 0.15) is 37.0 Å². The number of ether oxygens (including phenoxy) is 1. The Morgan fingerprint density at radius 1 is 1.14 bits per heavy atom. The lowest BCUT2D eigenvalue weighted by molar-refractivity contribution is -0.190. The number of β-lactam (4-membered cyclic amide) rings is 1. The van der Waals surface area contributed by atoms with E-state index in [1.54, 1.807) is 24.3 Å². The van der Waals surface area contributed by atoms with E-state index in [1.165, 1.54) is 24.3 Å². The van der Waals surface area contributed by atoms with Crippen LogP contribution in [0.4, 0.5) is 16.2 Å². The van der Waals surface area contributed by atoms with Crippen LogP contribution < -0.4 is 15.8 Å². The molecule has 0 radical (unpaired) electrons. The molecule has 0 aliphatic carbocycles. The molecule has 0 spiro atoms. The van der Waals surface area contributed by atoms with Crippen molar-refractivity contribution in [1.82, 2.24) is 4.90 Å². The van der Waals surface area contributed by atoms with Crippen LogP contribution in [0, 0.1) is 5.41 Å². The number of benzene rings is 2. The van der Waals surface area contributed by atoms with E-state index >= 15 is 0 Å². The minimum absolute atomic E-state index is 0.119. The third-order valence-corrected chi connectivity index (χ3v) is 5.38. The van der Waals surface area contributed by atoms with Gasteiger partial charge in [0.05, 0.1) is 16.9 Å². The number of nitrogens with one attached hydrogen (secondary N) is 1. The number of nitrogen functional groups attached to an aromatic ring is 1. The molecule has 1 unspecified atom stereocenters. The van der Waals surface area contributed by atoms with Gasteiger partial charge in [0.2, 0.25) is 5.91 Å². The van der Waals surface area contributed by atoms with Crippen LogP contribution in [-0.2, 0) is 4.79 Å². The van der Waals surface area contributed by atoms with E-state index in [2.05, 4.69) is 5.32 Å². The second kappa shape index (κ2) is 7.83. The van der Waals surface area contributed by atoms with Crippen molar-refractivity contribution in [2.75, 3.05) is 11.1 Å². The minimum atomic E-state index is -1.05. The number of hydrogen-bond acceptors (Lipinski definition) is 5. The number of hydrogen-bond donors (Lipinski definition) is 3. The van der Waals surface area contributed by atoms with Crippen molar-refractivity contribution in [2.24, 2.45) is 5.41 Å². The summed E-state index contributed by atoms with van der Waals surface area (Å²) in [7, 11) is 0. The maximum absolute atomic E-state index is 12.9. The molecule has 8 heteroatoms. The van der Waals surface area contributed by atoms with Crippen LogP contribution in [-0.4, -0.2) is 34.1 Å². The van der Waals surface area contributed by atoms with Gasteiger partial charge in [0.1, 0.15) is 11.2 Å². The van der Waals surface area contributed by atoms with Crippen molar-refractivity contribution >= 4 is 29.3 Å². The van der Waals surface area contributed by atoms with Gasteiger partial charge in [-0.2, -0.15) is 0 Å². The Bertz CT molecular complexity index is 938. The zero-order valence-electron chi connectivity index (χ0n) is 16.2. The molecule has 1 heterocycles. The summed E-state index contributed by atoms with van der Waals surface area (Å²) >= 11 is 0. The highest BCUT2D eigenvalue weighted by atomic mass is 16.5. The van der Waals surface area contributed by atoms with E-state index in [0.29, 0.717) is 30.0 Å². The number of para-hydroxylation sites is 2. The summed E-state index contributed by atoms with van der Waals surface area (Å²) in [5.74, 6) is -0.995. The first-order valence-corrected chi connectivity index (χ1v) is 9.33. The average molecular weight is 397 g/mol. The van der Waals surface area contributed by atoms with Gasteiger partial charge in [0, 0.05) is 0 Å². The fourth-order valence-corrected chi connectivity index (χ4v) is 3.49. The van der Waals surface area contributed by atoms with Crippen molar-refractivity contribution in [2.45, 2.75) is 32.9 Å². The van der Waals surface area contributed by atoms with Crippen molar-refractivity contribution in [3.8, 4) is 5.75 Å². The standard InChI is InChI=1S/C21H23N3O5/c1-3-21(4-2)18(27)24(20(28)23-16-8-6-5-7-15(16)22)19(21)29-14-11-9-13(10-12-14)17(25)26/h5-12,19H,3-4,22H2,1-2H3,(H,23,28)(H,25,26). The van der Waals surface area contributed by atoms with Crippen LogP contribution in [0.2, 0.25) is 0 Å². The molecule has 2 aromatic rings. The molecule has 1 atom stereocenters. The van der Waals surface area contributed by atoms with Gasteiger partial charge in [-0.05, 0) is 49.2 Å². The number of urea groups is 1. The van der Waals surface area contributed by atoms with Gasteiger partial charge in [-0.15, -0.1) is 0 Å². The molecule has 0 saturated carbocycles. The van der Waals surface area contributed by atoms with E-state index in [4.69, 9.17) is 15.6 Å². The number of nitrogens with zero attached hydrogens (tertiary/aromatic N) is 1. The molecule has 1 fully saturated rings. The molecule has 1 aliphatic rings. The van der Waals surface area contributed by atoms with Gasteiger partial charge in [-0.3, -0.25) is 4.79 Å². The number of nitrogens with two attached hydrogens (primary N) is 1. The zero-order valence-corrected chi connectivity index (χ0v) is 16.2. The van der Waals surface area contributed by atoms with E-state index in [0.717, 1.165) is 4.90 Å². The summed E-state index contributed by atoms with van der Waals surface area (Å²) in [5.41, 5.74) is 5.94. The Morgan fingerprint density at radius 3 is 2.31 bits per heavy atom. The number of carbonyl (C=O) groups is 3. The largest absolute Gasteiger partial charge is 0.478 e. The number of carbonyl (C=O) groups excluding carboxylic acids is 2. The lowest BCUT2D eigenvalue weighted by atomic mass is 9.72. The number of likely N-dealkylation sites (tertiary alicyclic amines) is 1. The van der Waals surface area contributed by atoms with E-state index in [1.807, 2.05) is 13.8 Å². The molecule has 8 nitrogen and oxygen atoms in total. The molecule has 1 aliphatic heterocycles. The van der Waals surface area contributed by atoms with Crippen LogP contribution in [0.5, 0.6) is 5.75 Å². The van der Waals surface area contributed by atoms with Crippen molar-refractivity contribution in [1.29, 1.82) is 0 Å². The summed E-state index contributed by atoms with van der Waals surface area (Å²) in [6, 6.07) is 12.0. The number of rotatable bonds is 6. The van der Waals surface area contributed by atoms with Crippen molar-refractivity contribution in [3.05, 3.63) is 54.1 Å². The quantitative estimate of drug-likeness (QED) is 0.506. The Morgan fingerprint density at radius 2 is 1.76 bits per heavy atom. The Hall–Kier alpha value is -3.55. The minimum Gasteiger partial charge on any atom is -0.478 e. The fraction of sp³-hybridized carbons (Fsp3) is 0.286. The second-order valence-electron chi connectivity index (χ2n) is 6.86. The summed E-state index contributed by atoms with van der Waals surface area (Å²) in [6.07, 6.45) is 0.181. The number of carboxylic acids is 1. The Balaban J connectivity index is 1.85. The average Bonchev–Trinajstić information content (AvgIpc) is 2.71. The highest BCUT2D eigenvalue weighted by Crippen LogP contribution is 2.46. The second-order valence-corrected chi connectivity index (χ2v) is 6.86. The molecule has 0 bridgehead atoms. The van der Waals surface area contributed by atoms with Gasteiger partial charge >= 0.3 is 12.0 Å². The molecular formula is C21H23N3O5. The van der Waals surface area contributed by atoms with Gasteiger partial charge in [0.25, 0.3) is 0 Å². The molecule has 2 aromatic carbocycles. The molecule has 29 heavy (non-hydrogen) atoms. The SMILES string of the molecule is CCC1(CC)C(=O)N(C(=O)Nc2ccccc2N)C1Oc1ccc(C(=O)O)cc1. The summed E-state index contributed by atoms with van der Waals surface area (Å²) in [6.45, 7) is 3.74. The monoisotopic (exact) mass is 397 g/mol. The Kier molecular flexibility index (Phi) is 5.45.